The van der Waals surface area contributed by atoms with E-state index < -0.39 is 17.8 Å². The van der Waals surface area contributed by atoms with E-state index in [4.69, 9.17) is 9.47 Å². The maximum atomic E-state index is 12.9. The van der Waals surface area contributed by atoms with Crippen LogP contribution in [-0.4, -0.2) is 19.3 Å². The van der Waals surface area contributed by atoms with Crippen molar-refractivity contribution in [3.63, 3.8) is 0 Å². The fourth-order valence-corrected chi connectivity index (χ4v) is 2.65. The van der Waals surface area contributed by atoms with Gasteiger partial charge in [0.25, 0.3) is 0 Å². The van der Waals surface area contributed by atoms with Gasteiger partial charge in [-0.25, -0.2) is 4.79 Å². The minimum atomic E-state index is -4.57. The topological polar surface area (TPSA) is 47.6 Å². The lowest BCUT2D eigenvalue weighted by Gasteiger charge is -2.13. The fourth-order valence-electron chi connectivity index (χ4n) is 2.65. The van der Waals surface area contributed by atoms with E-state index in [1.807, 2.05) is 42.5 Å². The van der Waals surface area contributed by atoms with Crippen molar-refractivity contribution in [3.8, 4) is 16.9 Å². The number of hydrogen-bond acceptors (Lipinski definition) is 3. The summed E-state index contributed by atoms with van der Waals surface area (Å²) in [5.41, 5.74) is 0.823. The molecule has 0 aromatic heterocycles. The summed E-state index contributed by atoms with van der Waals surface area (Å²) in [6, 6.07) is 21.9. The molecule has 29 heavy (non-hydrogen) atoms. The molecule has 0 bridgehead atoms. The molecular weight excluding hydrogens is 383 g/mol. The van der Waals surface area contributed by atoms with Crippen LogP contribution in [0.5, 0.6) is 5.75 Å². The van der Waals surface area contributed by atoms with Crippen LogP contribution < -0.4 is 10.1 Å². The first-order chi connectivity index (χ1) is 13.9. The lowest BCUT2D eigenvalue weighted by Crippen LogP contribution is -2.20. The zero-order valence-electron chi connectivity index (χ0n) is 15.3. The second kappa shape index (κ2) is 9.14. The number of nitrogens with one attached hydrogen (secondary N) is 1. The molecule has 0 atom stereocenters. The number of carbonyl (C=O) groups is 1. The number of hydrogen-bond donors (Lipinski definition) is 1. The monoisotopic (exact) mass is 401 g/mol. The predicted octanol–water partition coefficient (Wildman–Crippen LogP) is 6.00. The largest absolute Gasteiger partial charge is 0.490 e. The molecule has 0 fully saturated rings. The summed E-state index contributed by atoms with van der Waals surface area (Å²) in [4.78, 5) is 11.7. The number of anilines is 1. The summed E-state index contributed by atoms with van der Waals surface area (Å²) in [5.74, 6) is 0.594. The van der Waals surface area contributed by atoms with Gasteiger partial charge in [-0.05, 0) is 35.4 Å². The smallest absolute Gasteiger partial charge is 0.418 e. The third kappa shape index (κ3) is 5.75. The molecule has 3 aromatic rings. The molecule has 4 nitrogen and oxygen atoms in total. The van der Waals surface area contributed by atoms with Crippen molar-refractivity contribution >= 4 is 11.8 Å². The van der Waals surface area contributed by atoms with Gasteiger partial charge in [0, 0.05) is 0 Å². The van der Waals surface area contributed by atoms with E-state index >= 15 is 0 Å². The molecule has 0 heterocycles. The predicted molar refractivity (Wildman–Crippen MR) is 104 cm³/mol. The molecule has 150 valence electrons. The Morgan fingerprint density at radius 3 is 2.10 bits per heavy atom. The van der Waals surface area contributed by atoms with Gasteiger partial charge in [-0.2, -0.15) is 13.2 Å². The van der Waals surface area contributed by atoms with Gasteiger partial charge in [0.05, 0.1) is 11.3 Å². The second-order valence-corrected chi connectivity index (χ2v) is 6.04. The Morgan fingerprint density at radius 2 is 1.41 bits per heavy atom. The van der Waals surface area contributed by atoms with E-state index in [0.29, 0.717) is 5.75 Å². The first-order valence-electron chi connectivity index (χ1n) is 8.82. The molecule has 3 aromatic carbocycles. The van der Waals surface area contributed by atoms with Gasteiger partial charge in [-0.15, -0.1) is 0 Å². The summed E-state index contributed by atoms with van der Waals surface area (Å²) in [7, 11) is 0. The van der Waals surface area contributed by atoms with Crippen LogP contribution in [0.15, 0.2) is 78.9 Å². The van der Waals surface area contributed by atoms with Gasteiger partial charge >= 0.3 is 12.3 Å². The van der Waals surface area contributed by atoms with Crippen molar-refractivity contribution in [2.45, 2.75) is 6.18 Å². The number of benzene rings is 3. The standard InChI is InChI=1S/C22H18F3NO3/c23-22(24,25)19-8-4-5-9-20(19)26-21(27)29-15-14-28-18-12-10-17(11-13-18)16-6-2-1-3-7-16/h1-13H,14-15H2,(H,26,27). The SMILES string of the molecule is O=C(Nc1ccccc1C(F)(F)F)OCCOc1ccc(-c2ccccc2)cc1. The van der Waals surface area contributed by atoms with Crippen LogP contribution >= 0.6 is 0 Å². The van der Waals surface area contributed by atoms with E-state index in [1.54, 1.807) is 12.1 Å². The minimum Gasteiger partial charge on any atom is -0.490 e. The van der Waals surface area contributed by atoms with E-state index in [1.165, 1.54) is 12.1 Å². The normalized spacial score (nSPS) is 11.0. The van der Waals surface area contributed by atoms with E-state index in [0.717, 1.165) is 23.3 Å². The average Bonchev–Trinajstić information content (AvgIpc) is 2.72. The van der Waals surface area contributed by atoms with Crippen molar-refractivity contribution in [2.24, 2.45) is 0 Å². The fraction of sp³-hybridized carbons (Fsp3) is 0.136. The number of para-hydroxylation sites is 1. The summed E-state index contributed by atoms with van der Waals surface area (Å²) in [6.45, 7) is -0.0422. The van der Waals surface area contributed by atoms with Gasteiger partial charge in [0.15, 0.2) is 0 Å². The first kappa shape index (κ1) is 20.3. The summed E-state index contributed by atoms with van der Waals surface area (Å²) < 4.78 is 49.1. The van der Waals surface area contributed by atoms with Crippen LogP contribution in [0.1, 0.15) is 5.56 Å². The van der Waals surface area contributed by atoms with Crippen molar-refractivity contribution < 1.29 is 27.4 Å². The van der Waals surface area contributed by atoms with Crippen LogP contribution in [0.2, 0.25) is 0 Å². The molecule has 0 radical (unpaired) electrons. The number of rotatable bonds is 6. The third-order valence-corrected chi connectivity index (χ3v) is 4.02. The van der Waals surface area contributed by atoms with Crippen LogP contribution in [0.4, 0.5) is 23.7 Å². The van der Waals surface area contributed by atoms with E-state index in [-0.39, 0.29) is 18.9 Å². The highest BCUT2D eigenvalue weighted by atomic mass is 19.4. The summed E-state index contributed by atoms with van der Waals surface area (Å²) in [5, 5.41) is 2.10. The van der Waals surface area contributed by atoms with Gasteiger partial charge < -0.3 is 9.47 Å². The Labute approximate surface area is 165 Å². The number of carbonyl (C=O) groups excluding carboxylic acids is 1. The zero-order valence-corrected chi connectivity index (χ0v) is 15.3. The van der Waals surface area contributed by atoms with Crippen LogP contribution in [0.3, 0.4) is 0 Å². The molecule has 0 aliphatic carbocycles. The molecule has 0 saturated carbocycles. The Kier molecular flexibility index (Phi) is 6.39. The molecule has 0 aliphatic heterocycles. The van der Waals surface area contributed by atoms with Gasteiger partial charge in [-0.1, -0.05) is 54.6 Å². The Hall–Kier alpha value is -3.48. The van der Waals surface area contributed by atoms with Gasteiger partial charge in [0.2, 0.25) is 0 Å². The van der Waals surface area contributed by atoms with Gasteiger partial charge in [0.1, 0.15) is 19.0 Å². The molecular formula is C22H18F3NO3. The van der Waals surface area contributed by atoms with E-state index in [2.05, 4.69) is 5.32 Å². The van der Waals surface area contributed by atoms with Gasteiger partial charge in [-0.3, -0.25) is 5.32 Å². The highest BCUT2D eigenvalue weighted by Crippen LogP contribution is 2.34. The zero-order chi connectivity index (χ0) is 20.7. The van der Waals surface area contributed by atoms with Crippen molar-refractivity contribution in [2.75, 3.05) is 18.5 Å². The number of halogens is 3. The highest BCUT2D eigenvalue weighted by molar-refractivity contribution is 5.85. The van der Waals surface area contributed by atoms with Crippen molar-refractivity contribution in [1.82, 2.24) is 0 Å². The summed E-state index contributed by atoms with van der Waals surface area (Å²) in [6.07, 6.45) is -5.55. The molecule has 1 N–H and O–H groups in total. The second-order valence-electron chi connectivity index (χ2n) is 6.04. The number of alkyl halides is 3. The lowest BCUT2D eigenvalue weighted by atomic mass is 10.1. The molecule has 7 heteroatoms. The number of ether oxygens (including phenoxy) is 2. The maximum Gasteiger partial charge on any atom is 0.418 e. The minimum absolute atomic E-state index is 0.0685. The Morgan fingerprint density at radius 1 is 0.793 bits per heavy atom. The Bertz CT molecular complexity index is 942. The first-order valence-corrected chi connectivity index (χ1v) is 8.82. The molecule has 3 rings (SSSR count). The summed E-state index contributed by atoms with van der Waals surface area (Å²) >= 11 is 0. The average molecular weight is 401 g/mol. The molecule has 0 saturated heterocycles. The van der Waals surface area contributed by atoms with Crippen LogP contribution in [0.25, 0.3) is 11.1 Å². The van der Waals surface area contributed by atoms with Crippen molar-refractivity contribution in [3.05, 3.63) is 84.4 Å². The third-order valence-electron chi connectivity index (χ3n) is 4.02. The van der Waals surface area contributed by atoms with E-state index in [9.17, 15) is 18.0 Å². The highest BCUT2D eigenvalue weighted by Gasteiger charge is 2.33. The number of amides is 1. The molecule has 0 aliphatic rings. The van der Waals surface area contributed by atoms with Crippen LogP contribution in [-0.2, 0) is 10.9 Å². The Balaban J connectivity index is 1.46. The quantitative estimate of drug-likeness (QED) is 0.516. The lowest BCUT2D eigenvalue weighted by molar-refractivity contribution is -0.136. The molecule has 1 amide bonds. The molecule has 0 unspecified atom stereocenters. The van der Waals surface area contributed by atoms with Crippen molar-refractivity contribution in [1.29, 1.82) is 0 Å². The maximum absolute atomic E-state index is 12.9. The molecule has 0 spiro atoms. The van der Waals surface area contributed by atoms with Crippen LogP contribution in [0, 0.1) is 0 Å².